The van der Waals surface area contributed by atoms with Crippen LogP contribution >= 0.6 is 27.7 Å². The van der Waals surface area contributed by atoms with Crippen molar-refractivity contribution in [2.45, 2.75) is 37.6 Å². The molecule has 2 rings (SSSR count). The van der Waals surface area contributed by atoms with Gasteiger partial charge in [0, 0.05) is 11.4 Å². The van der Waals surface area contributed by atoms with Gasteiger partial charge in [0.05, 0.1) is 4.47 Å². The molecule has 0 heterocycles. The first-order chi connectivity index (χ1) is 12.0. The predicted molar refractivity (Wildman–Crippen MR) is 108 cm³/mol. The highest BCUT2D eigenvalue weighted by atomic mass is 79.9. The Kier molecular flexibility index (Phi) is 7.85. The van der Waals surface area contributed by atoms with Gasteiger partial charge < -0.3 is 10.1 Å². The van der Waals surface area contributed by atoms with Crippen molar-refractivity contribution in [3.05, 3.63) is 58.1 Å². The molecule has 0 saturated carbocycles. The summed E-state index contributed by atoms with van der Waals surface area (Å²) in [6.07, 6.45) is 3.13. The summed E-state index contributed by atoms with van der Waals surface area (Å²) in [5.41, 5.74) is 2.34. The van der Waals surface area contributed by atoms with Crippen molar-refractivity contribution in [1.29, 1.82) is 0 Å². The van der Waals surface area contributed by atoms with Gasteiger partial charge in [0.15, 0.2) is 6.61 Å². The topological polar surface area (TPSA) is 38.3 Å². The van der Waals surface area contributed by atoms with Crippen LogP contribution < -0.4 is 10.1 Å². The van der Waals surface area contributed by atoms with E-state index in [9.17, 15) is 4.79 Å². The molecule has 134 valence electrons. The van der Waals surface area contributed by atoms with Crippen molar-refractivity contribution in [3.63, 3.8) is 0 Å². The molecule has 25 heavy (non-hydrogen) atoms. The Morgan fingerprint density at radius 3 is 2.56 bits per heavy atom. The van der Waals surface area contributed by atoms with Crippen LogP contribution in [-0.4, -0.2) is 18.8 Å². The lowest BCUT2D eigenvalue weighted by atomic mass is 9.99. The summed E-state index contributed by atoms with van der Waals surface area (Å²) in [6, 6.07) is 14.2. The van der Waals surface area contributed by atoms with Crippen molar-refractivity contribution in [2.75, 3.05) is 12.9 Å². The summed E-state index contributed by atoms with van der Waals surface area (Å²) in [4.78, 5) is 13.2. The molecule has 0 fully saturated rings. The molecule has 0 saturated heterocycles. The molecule has 0 radical (unpaired) electrons. The van der Waals surface area contributed by atoms with Crippen LogP contribution in [0.4, 0.5) is 0 Å². The zero-order valence-corrected chi connectivity index (χ0v) is 17.2. The van der Waals surface area contributed by atoms with E-state index in [4.69, 9.17) is 4.74 Å². The standard InChI is InChI=1S/C20H24BrNO2S/c1-4-14(2)16-7-10-19(18(21)11-16)24-13-20(23)22-12-15-5-8-17(25-3)9-6-15/h5-11,14H,4,12-13H2,1-3H3,(H,22,23). The molecule has 0 aromatic heterocycles. The van der Waals surface area contributed by atoms with Crippen LogP contribution in [0.3, 0.4) is 0 Å². The number of carbonyl (C=O) groups is 1. The highest BCUT2D eigenvalue weighted by molar-refractivity contribution is 9.10. The van der Waals surface area contributed by atoms with E-state index in [1.807, 2.05) is 24.5 Å². The van der Waals surface area contributed by atoms with E-state index in [-0.39, 0.29) is 12.5 Å². The third-order valence-corrected chi connectivity index (χ3v) is 5.51. The van der Waals surface area contributed by atoms with E-state index in [0.29, 0.717) is 18.2 Å². The Labute approximate surface area is 162 Å². The van der Waals surface area contributed by atoms with E-state index >= 15 is 0 Å². The molecule has 1 unspecified atom stereocenters. The van der Waals surface area contributed by atoms with E-state index in [0.717, 1.165) is 16.5 Å². The maximum absolute atomic E-state index is 12.0. The fourth-order valence-electron chi connectivity index (χ4n) is 2.31. The average molecular weight is 422 g/mol. The summed E-state index contributed by atoms with van der Waals surface area (Å²) in [6.45, 7) is 4.87. The second kappa shape index (κ2) is 9.88. The van der Waals surface area contributed by atoms with Gasteiger partial charge >= 0.3 is 0 Å². The van der Waals surface area contributed by atoms with Crippen molar-refractivity contribution in [2.24, 2.45) is 0 Å². The number of rotatable bonds is 8. The number of halogens is 1. The van der Waals surface area contributed by atoms with Crippen molar-refractivity contribution >= 4 is 33.6 Å². The molecule has 0 spiro atoms. The Morgan fingerprint density at radius 1 is 1.24 bits per heavy atom. The highest BCUT2D eigenvalue weighted by Crippen LogP contribution is 2.30. The third-order valence-electron chi connectivity index (χ3n) is 4.14. The zero-order valence-electron chi connectivity index (χ0n) is 14.8. The van der Waals surface area contributed by atoms with Crippen molar-refractivity contribution in [1.82, 2.24) is 5.32 Å². The first-order valence-corrected chi connectivity index (χ1v) is 10.4. The number of thioether (sulfide) groups is 1. The molecular weight excluding hydrogens is 398 g/mol. The summed E-state index contributed by atoms with van der Waals surface area (Å²) >= 11 is 5.23. The average Bonchev–Trinajstić information content (AvgIpc) is 2.65. The van der Waals surface area contributed by atoms with Crippen LogP contribution in [0.15, 0.2) is 51.8 Å². The minimum Gasteiger partial charge on any atom is -0.483 e. The molecule has 5 heteroatoms. The lowest BCUT2D eigenvalue weighted by Crippen LogP contribution is -2.28. The number of benzene rings is 2. The van der Waals surface area contributed by atoms with Crippen LogP contribution in [0.5, 0.6) is 5.75 Å². The molecule has 2 aromatic rings. The first-order valence-electron chi connectivity index (χ1n) is 8.35. The largest absolute Gasteiger partial charge is 0.483 e. The second-order valence-electron chi connectivity index (χ2n) is 5.91. The van der Waals surface area contributed by atoms with Crippen molar-refractivity contribution < 1.29 is 9.53 Å². The molecule has 0 bridgehead atoms. The Balaban J connectivity index is 1.83. The van der Waals surface area contributed by atoms with E-state index < -0.39 is 0 Å². The smallest absolute Gasteiger partial charge is 0.258 e. The molecule has 2 aromatic carbocycles. The SMILES string of the molecule is CCC(C)c1ccc(OCC(=O)NCc2ccc(SC)cc2)c(Br)c1. The summed E-state index contributed by atoms with van der Waals surface area (Å²) in [5.74, 6) is 1.06. The monoisotopic (exact) mass is 421 g/mol. The molecule has 1 atom stereocenters. The van der Waals surface area contributed by atoms with Crippen LogP contribution in [-0.2, 0) is 11.3 Å². The lowest BCUT2D eigenvalue weighted by Gasteiger charge is -2.13. The maximum Gasteiger partial charge on any atom is 0.258 e. The van der Waals surface area contributed by atoms with Crippen LogP contribution in [0.2, 0.25) is 0 Å². The number of nitrogens with one attached hydrogen (secondary N) is 1. The van der Waals surface area contributed by atoms with Gasteiger partial charge in [0.2, 0.25) is 0 Å². The molecule has 1 amide bonds. The van der Waals surface area contributed by atoms with Gasteiger partial charge in [-0.05, 0) is 69.9 Å². The maximum atomic E-state index is 12.0. The molecule has 1 N–H and O–H groups in total. The summed E-state index contributed by atoms with van der Waals surface area (Å²) in [7, 11) is 0. The number of hydrogen-bond donors (Lipinski definition) is 1. The third kappa shape index (κ3) is 6.08. The molecule has 3 nitrogen and oxygen atoms in total. The van der Waals surface area contributed by atoms with Crippen LogP contribution in [0, 0.1) is 0 Å². The quantitative estimate of drug-likeness (QED) is 0.581. The fraction of sp³-hybridized carbons (Fsp3) is 0.350. The van der Waals surface area contributed by atoms with Gasteiger partial charge in [0.1, 0.15) is 5.75 Å². The minimum atomic E-state index is -0.133. The summed E-state index contributed by atoms with van der Waals surface area (Å²) < 4.78 is 6.51. The van der Waals surface area contributed by atoms with Crippen molar-refractivity contribution in [3.8, 4) is 5.75 Å². The number of ether oxygens (including phenoxy) is 1. The lowest BCUT2D eigenvalue weighted by molar-refractivity contribution is -0.123. The Morgan fingerprint density at radius 2 is 1.96 bits per heavy atom. The van der Waals surface area contributed by atoms with Gasteiger partial charge in [-0.1, -0.05) is 32.0 Å². The summed E-state index contributed by atoms with van der Waals surface area (Å²) in [5, 5.41) is 2.88. The molecule has 0 aliphatic carbocycles. The van der Waals surface area contributed by atoms with Gasteiger partial charge in [-0.3, -0.25) is 4.79 Å². The van der Waals surface area contributed by atoms with Gasteiger partial charge in [0.25, 0.3) is 5.91 Å². The predicted octanol–water partition coefficient (Wildman–Crippen LogP) is 5.38. The number of carbonyl (C=O) groups excluding carboxylic acids is 1. The molecule has 0 aliphatic heterocycles. The van der Waals surface area contributed by atoms with E-state index in [2.05, 4.69) is 59.4 Å². The van der Waals surface area contributed by atoms with Gasteiger partial charge in [-0.15, -0.1) is 11.8 Å². The second-order valence-corrected chi connectivity index (χ2v) is 7.65. The Bertz CT molecular complexity index is 703. The number of hydrogen-bond acceptors (Lipinski definition) is 3. The minimum absolute atomic E-state index is 0.00414. The highest BCUT2D eigenvalue weighted by Gasteiger charge is 2.09. The first kappa shape index (κ1) is 19.9. The van der Waals surface area contributed by atoms with E-state index in [1.165, 1.54) is 10.5 Å². The number of amides is 1. The van der Waals surface area contributed by atoms with Gasteiger partial charge in [-0.2, -0.15) is 0 Å². The van der Waals surface area contributed by atoms with Crippen LogP contribution in [0.1, 0.15) is 37.3 Å². The molecular formula is C20H24BrNO2S. The molecule has 0 aliphatic rings. The normalized spacial score (nSPS) is 11.8. The zero-order chi connectivity index (χ0) is 18.2. The fourth-order valence-corrected chi connectivity index (χ4v) is 3.23. The van der Waals surface area contributed by atoms with Crippen LogP contribution in [0.25, 0.3) is 0 Å². The van der Waals surface area contributed by atoms with E-state index in [1.54, 1.807) is 11.8 Å². The Hall–Kier alpha value is -1.46. The van der Waals surface area contributed by atoms with Gasteiger partial charge in [-0.25, -0.2) is 0 Å².